The largest absolute Gasteiger partial charge is 0.398 e. The lowest BCUT2D eigenvalue weighted by molar-refractivity contribution is 0.247. The molecule has 22 heavy (non-hydrogen) atoms. The Bertz CT molecular complexity index is 261. The monoisotopic (exact) mass is 347 g/mol. The van der Waals surface area contributed by atoms with Crippen LogP contribution >= 0.6 is 0 Å². The second-order valence-corrected chi connectivity index (χ2v) is 15.4. The Morgan fingerprint density at radius 3 is 1.68 bits per heavy atom. The van der Waals surface area contributed by atoms with Gasteiger partial charge in [-0.1, -0.05) is 40.5 Å². The van der Waals surface area contributed by atoms with Gasteiger partial charge in [-0.2, -0.15) is 0 Å². The molecule has 0 aromatic heterocycles. The highest BCUT2D eigenvalue weighted by Crippen LogP contribution is 2.26. The summed E-state index contributed by atoms with van der Waals surface area (Å²) >= 11 is 0. The maximum Gasteiger partial charge on any atom is 0.334 e. The molecule has 0 fully saturated rings. The third-order valence-electron chi connectivity index (χ3n) is 5.60. The van der Waals surface area contributed by atoms with Crippen molar-refractivity contribution in [2.75, 3.05) is 27.3 Å². The predicted octanol–water partition coefficient (Wildman–Crippen LogP) is 5.24. The summed E-state index contributed by atoms with van der Waals surface area (Å²) in [5.74, 6) is 0. The van der Waals surface area contributed by atoms with Crippen molar-refractivity contribution in [2.24, 2.45) is 0 Å². The Hall–Kier alpha value is 0.314. The van der Waals surface area contributed by atoms with Crippen molar-refractivity contribution in [3.8, 4) is 0 Å². The first kappa shape index (κ1) is 22.3. The fourth-order valence-electron chi connectivity index (χ4n) is 3.39. The summed E-state index contributed by atoms with van der Waals surface area (Å²) in [4.78, 5) is 0. The lowest BCUT2D eigenvalue weighted by Crippen LogP contribution is -2.53. The van der Waals surface area contributed by atoms with Crippen LogP contribution in [0.5, 0.6) is 0 Å². The molecule has 0 atom stereocenters. The zero-order valence-electron chi connectivity index (χ0n) is 16.3. The van der Waals surface area contributed by atoms with Gasteiger partial charge < -0.3 is 13.4 Å². The summed E-state index contributed by atoms with van der Waals surface area (Å²) < 4.78 is 14.1. The van der Waals surface area contributed by atoms with Crippen molar-refractivity contribution in [3.63, 3.8) is 0 Å². The lowest BCUT2D eigenvalue weighted by atomic mass is 10.3. The molecule has 0 rings (SSSR count). The maximum absolute atomic E-state index is 5.60. The zero-order chi connectivity index (χ0) is 17.1. The number of rotatable bonds is 14. The molecule has 3 nitrogen and oxygen atoms in total. The van der Waals surface area contributed by atoms with Crippen molar-refractivity contribution in [1.29, 1.82) is 0 Å². The van der Waals surface area contributed by atoms with E-state index in [0.29, 0.717) is 0 Å². The molecule has 0 unspecified atom stereocenters. The molecule has 0 heterocycles. The average molecular weight is 348 g/mol. The second kappa shape index (κ2) is 11.8. The van der Waals surface area contributed by atoms with Crippen LogP contribution in [0.2, 0.25) is 30.7 Å². The lowest BCUT2D eigenvalue weighted by Gasteiger charge is -2.41. The van der Waals surface area contributed by atoms with E-state index >= 15 is 0 Å². The highest BCUT2D eigenvalue weighted by atomic mass is 28.4. The molecule has 0 spiro atoms. The Morgan fingerprint density at radius 1 is 0.773 bits per heavy atom. The standard InChI is InChI=1S/C17H41NO2Si2/c1-8-12-15-18(22(9-2,10-3)11-4)16-13-14-17-21(7,19-5)20-6/h8-17H2,1-7H3. The van der Waals surface area contributed by atoms with Crippen LogP contribution in [-0.2, 0) is 8.85 Å². The van der Waals surface area contributed by atoms with E-state index in [1.807, 2.05) is 0 Å². The minimum Gasteiger partial charge on any atom is -0.398 e. The fraction of sp³-hybridized carbons (Fsp3) is 1.00. The Kier molecular flexibility index (Phi) is 12.0. The summed E-state index contributed by atoms with van der Waals surface area (Å²) in [5, 5.41) is 0. The van der Waals surface area contributed by atoms with E-state index in [0.717, 1.165) is 6.04 Å². The van der Waals surface area contributed by atoms with E-state index in [4.69, 9.17) is 8.85 Å². The SMILES string of the molecule is CCCCN(CCCC[Si](C)(OC)OC)[Si](CC)(CC)CC. The summed E-state index contributed by atoms with van der Waals surface area (Å²) in [7, 11) is 0.509. The molecule has 0 radical (unpaired) electrons. The molecule has 0 aliphatic rings. The minimum atomic E-state index is -1.87. The quantitative estimate of drug-likeness (QED) is 0.317. The fourth-order valence-corrected chi connectivity index (χ4v) is 8.97. The van der Waals surface area contributed by atoms with Gasteiger partial charge in [0.1, 0.15) is 8.24 Å². The Morgan fingerprint density at radius 2 is 1.27 bits per heavy atom. The third kappa shape index (κ3) is 6.83. The highest BCUT2D eigenvalue weighted by molar-refractivity contribution is 6.77. The predicted molar refractivity (Wildman–Crippen MR) is 103 cm³/mol. The summed E-state index contributed by atoms with van der Waals surface area (Å²) in [5.41, 5.74) is 0. The molecule has 0 saturated carbocycles. The topological polar surface area (TPSA) is 21.7 Å². The van der Waals surface area contributed by atoms with Gasteiger partial charge in [-0.3, -0.25) is 0 Å². The van der Waals surface area contributed by atoms with Gasteiger partial charge in [0.05, 0.1) is 0 Å². The van der Waals surface area contributed by atoms with E-state index < -0.39 is 16.8 Å². The molecule has 0 aliphatic carbocycles. The van der Waals surface area contributed by atoms with Gasteiger partial charge in [0, 0.05) is 14.2 Å². The van der Waals surface area contributed by atoms with Crippen molar-refractivity contribution in [3.05, 3.63) is 0 Å². The van der Waals surface area contributed by atoms with Crippen molar-refractivity contribution in [1.82, 2.24) is 4.57 Å². The summed E-state index contributed by atoms with van der Waals surface area (Å²) in [6.07, 6.45) is 5.16. The van der Waals surface area contributed by atoms with Gasteiger partial charge >= 0.3 is 8.56 Å². The van der Waals surface area contributed by atoms with E-state index in [1.54, 1.807) is 14.2 Å². The van der Waals surface area contributed by atoms with Crippen LogP contribution in [-0.4, -0.2) is 48.7 Å². The van der Waals surface area contributed by atoms with Crippen LogP contribution in [0.3, 0.4) is 0 Å². The molecule has 0 aromatic carbocycles. The van der Waals surface area contributed by atoms with Crippen molar-refractivity contribution < 1.29 is 8.85 Å². The number of nitrogens with zero attached hydrogens (tertiary/aromatic N) is 1. The number of hydrogen-bond donors (Lipinski definition) is 0. The minimum absolute atomic E-state index is 1.11. The van der Waals surface area contributed by atoms with Crippen LogP contribution in [0.4, 0.5) is 0 Å². The van der Waals surface area contributed by atoms with Gasteiger partial charge in [-0.25, -0.2) is 0 Å². The van der Waals surface area contributed by atoms with E-state index in [9.17, 15) is 0 Å². The average Bonchev–Trinajstić information content (AvgIpc) is 2.57. The third-order valence-corrected chi connectivity index (χ3v) is 14.3. The highest BCUT2D eigenvalue weighted by Gasteiger charge is 2.34. The van der Waals surface area contributed by atoms with Crippen LogP contribution < -0.4 is 0 Å². The molecule has 5 heteroatoms. The van der Waals surface area contributed by atoms with E-state index in [-0.39, 0.29) is 0 Å². The first-order valence-electron chi connectivity index (χ1n) is 9.32. The van der Waals surface area contributed by atoms with Crippen molar-refractivity contribution >= 4 is 16.8 Å². The first-order chi connectivity index (χ1) is 10.5. The Labute approximate surface area is 142 Å². The van der Waals surface area contributed by atoms with Crippen LogP contribution in [0.25, 0.3) is 0 Å². The second-order valence-electron chi connectivity index (χ2n) is 6.62. The molecule has 134 valence electrons. The molecule has 0 amide bonds. The van der Waals surface area contributed by atoms with Gasteiger partial charge in [-0.15, -0.1) is 0 Å². The van der Waals surface area contributed by atoms with E-state index in [2.05, 4.69) is 38.8 Å². The summed E-state index contributed by atoms with van der Waals surface area (Å²) in [6, 6.07) is 5.30. The number of hydrogen-bond acceptors (Lipinski definition) is 3. The van der Waals surface area contributed by atoms with Gasteiger partial charge in [0.2, 0.25) is 0 Å². The van der Waals surface area contributed by atoms with Gasteiger partial charge in [0.15, 0.2) is 0 Å². The van der Waals surface area contributed by atoms with Crippen LogP contribution in [0, 0.1) is 0 Å². The Balaban J connectivity index is 4.54. The molecule has 0 bridgehead atoms. The van der Waals surface area contributed by atoms with Crippen LogP contribution in [0.15, 0.2) is 0 Å². The van der Waals surface area contributed by atoms with E-state index in [1.165, 1.54) is 56.9 Å². The molecule has 0 N–H and O–H groups in total. The molecule has 0 aromatic rings. The summed E-state index contributed by atoms with van der Waals surface area (Å²) in [6.45, 7) is 14.3. The smallest absolute Gasteiger partial charge is 0.334 e. The first-order valence-corrected chi connectivity index (χ1v) is 14.4. The molecule has 0 aliphatic heterocycles. The molecular weight excluding hydrogens is 306 g/mol. The van der Waals surface area contributed by atoms with Gasteiger partial charge in [0.25, 0.3) is 0 Å². The maximum atomic E-state index is 5.60. The molecular formula is C17H41NO2Si2. The van der Waals surface area contributed by atoms with Crippen molar-refractivity contribution in [2.45, 2.75) is 84.1 Å². The van der Waals surface area contributed by atoms with Gasteiger partial charge in [-0.05, 0) is 56.7 Å². The molecule has 0 saturated heterocycles. The van der Waals surface area contributed by atoms with Crippen LogP contribution in [0.1, 0.15) is 53.4 Å². The number of unbranched alkanes of at least 4 members (excludes halogenated alkanes) is 2. The normalized spacial score (nSPS) is 13.1. The zero-order valence-corrected chi connectivity index (χ0v) is 18.3.